The highest BCUT2D eigenvalue weighted by molar-refractivity contribution is 5.77. The predicted molar refractivity (Wildman–Crippen MR) is 51.5 cm³/mol. The molecule has 0 radical (unpaired) electrons. The van der Waals surface area contributed by atoms with Crippen LogP contribution in [-0.2, 0) is 4.79 Å². The molecule has 80 valence electrons. The normalized spacial score (nSPS) is 24.1. The zero-order valence-corrected chi connectivity index (χ0v) is 8.24. The van der Waals surface area contributed by atoms with E-state index in [9.17, 15) is 9.18 Å². The number of para-hydroxylation sites is 1. The van der Waals surface area contributed by atoms with Gasteiger partial charge in [-0.1, -0.05) is 12.1 Å². The third-order valence-corrected chi connectivity index (χ3v) is 2.56. The predicted octanol–water partition coefficient (Wildman–Crippen LogP) is 2.16. The summed E-state index contributed by atoms with van der Waals surface area (Å²) in [4.78, 5) is 11.0. The molecule has 0 saturated carbocycles. The van der Waals surface area contributed by atoms with Crippen LogP contribution in [0.25, 0.3) is 0 Å². The summed E-state index contributed by atoms with van der Waals surface area (Å²) in [6, 6.07) is 4.38. The number of carbonyl (C=O) groups is 1. The average Bonchev–Trinajstić information content (AvgIpc) is 2.18. The number of carboxylic acid groups (broad SMARTS) is 1. The number of halogens is 1. The van der Waals surface area contributed by atoms with E-state index in [1.807, 2.05) is 0 Å². The molecule has 0 spiro atoms. The van der Waals surface area contributed by atoms with Gasteiger partial charge in [0.1, 0.15) is 0 Å². The molecule has 0 saturated heterocycles. The van der Waals surface area contributed by atoms with Crippen molar-refractivity contribution in [2.45, 2.75) is 25.4 Å². The highest BCUT2D eigenvalue weighted by Gasteiger charge is 2.32. The van der Waals surface area contributed by atoms with E-state index in [1.165, 1.54) is 12.1 Å². The van der Waals surface area contributed by atoms with Crippen molar-refractivity contribution in [2.75, 3.05) is 0 Å². The molecule has 4 heteroatoms. The second-order valence-electron chi connectivity index (χ2n) is 3.71. The monoisotopic (exact) mass is 210 g/mol. The lowest BCUT2D eigenvalue weighted by Crippen LogP contribution is -2.27. The van der Waals surface area contributed by atoms with Crippen LogP contribution in [0.2, 0.25) is 0 Å². The zero-order valence-electron chi connectivity index (χ0n) is 8.24. The molecule has 1 heterocycles. The minimum Gasteiger partial charge on any atom is -0.487 e. The number of rotatable bonds is 1. The van der Waals surface area contributed by atoms with Crippen molar-refractivity contribution in [1.29, 1.82) is 0 Å². The van der Waals surface area contributed by atoms with E-state index in [2.05, 4.69) is 0 Å². The molecule has 2 unspecified atom stereocenters. The van der Waals surface area contributed by atoms with Gasteiger partial charge in [0.05, 0.1) is 12.0 Å². The van der Waals surface area contributed by atoms with Crippen LogP contribution in [0.3, 0.4) is 0 Å². The lowest BCUT2D eigenvalue weighted by Gasteiger charge is -2.28. The molecule has 1 N–H and O–H groups in total. The molecule has 0 bridgehead atoms. The summed E-state index contributed by atoms with van der Waals surface area (Å²) in [5, 5.41) is 9.02. The van der Waals surface area contributed by atoms with Crippen molar-refractivity contribution in [3.63, 3.8) is 0 Å². The van der Waals surface area contributed by atoms with Crippen molar-refractivity contribution >= 4 is 5.97 Å². The molecule has 2 atom stereocenters. The van der Waals surface area contributed by atoms with E-state index in [1.54, 1.807) is 13.0 Å². The number of fused-ring (bicyclic) bond motifs is 1. The van der Waals surface area contributed by atoms with E-state index in [0.29, 0.717) is 12.0 Å². The lowest BCUT2D eigenvalue weighted by atomic mass is 9.90. The van der Waals surface area contributed by atoms with Gasteiger partial charge in [-0.2, -0.15) is 0 Å². The van der Waals surface area contributed by atoms with Gasteiger partial charge < -0.3 is 9.84 Å². The second kappa shape index (κ2) is 3.53. The first-order valence-corrected chi connectivity index (χ1v) is 4.77. The fourth-order valence-corrected chi connectivity index (χ4v) is 1.87. The van der Waals surface area contributed by atoms with E-state index in [0.717, 1.165) is 0 Å². The summed E-state index contributed by atoms with van der Waals surface area (Å²) in [5.41, 5.74) is 0.431. The fraction of sp³-hybridized carbons (Fsp3) is 0.364. The van der Waals surface area contributed by atoms with Gasteiger partial charge in [0.25, 0.3) is 0 Å². The van der Waals surface area contributed by atoms with Crippen molar-refractivity contribution < 1.29 is 19.0 Å². The number of benzene rings is 1. The molecule has 0 amide bonds. The first kappa shape index (κ1) is 9.96. The largest absolute Gasteiger partial charge is 0.487 e. The van der Waals surface area contributed by atoms with Crippen LogP contribution in [0.15, 0.2) is 18.2 Å². The van der Waals surface area contributed by atoms with Gasteiger partial charge in [-0.15, -0.1) is 0 Å². The molecule has 1 aliphatic heterocycles. The summed E-state index contributed by atoms with van der Waals surface area (Å²) in [6.07, 6.45) is 0.113. The van der Waals surface area contributed by atoms with Gasteiger partial charge >= 0.3 is 5.97 Å². The number of carboxylic acids is 1. The minimum atomic E-state index is -0.933. The van der Waals surface area contributed by atoms with Crippen molar-refractivity contribution in [1.82, 2.24) is 0 Å². The van der Waals surface area contributed by atoms with Gasteiger partial charge in [-0.05, 0) is 13.0 Å². The molecule has 0 fully saturated rings. The van der Waals surface area contributed by atoms with Gasteiger partial charge in [-0.3, -0.25) is 4.79 Å². The Hall–Kier alpha value is -1.58. The van der Waals surface area contributed by atoms with Crippen LogP contribution < -0.4 is 4.74 Å². The summed E-state index contributed by atoms with van der Waals surface area (Å²) < 4.78 is 18.7. The van der Waals surface area contributed by atoms with E-state index < -0.39 is 17.7 Å². The SMILES string of the molecule is CC1CC(C(=O)O)c2cccc(F)c2O1. The number of ether oxygens (including phenoxy) is 1. The maximum atomic E-state index is 13.4. The Balaban J connectivity index is 2.51. The highest BCUT2D eigenvalue weighted by Crippen LogP contribution is 2.37. The van der Waals surface area contributed by atoms with Crippen LogP contribution in [0, 0.1) is 5.82 Å². The number of aliphatic carboxylic acids is 1. The quantitative estimate of drug-likeness (QED) is 0.772. The van der Waals surface area contributed by atoms with Gasteiger partial charge in [0.15, 0.2) is 11.6 Å². The molecule has 0 aliphatic carbocycles. The van der Waals surface area contributed by atoms with Gasteiger partial charge in [0.2, 0.25) is 0 Å². The first-order valence-electron chi connectivity index (χ1n) is 4.77. The average molecular weight is 210 g/mol. The molecule has 1 aromatic rings. The third kappa shape index (κ3) is 1.67. The van der Waals surface area contributed by atoms with Crippen LogP contribution in [0.1, 0.15) is 24.8 Å². The van der Waals surface area contributed by atoms with Crippen LogP contribution >= 0.6 is 0 Å². The van der Waals surface area contributed by atoms with Crippen molar-refractivity contribution in [3.8, 4) is 5.75 Å². The molecule has 3 nitrogen and oxygen atoms in total. The third-order valence-electron chi connectivity index (χ3n) is 2.56. The van der Waals surface area contributed by atoms with E-state index in [4.69, 9.17) is 9.84 Å². The number of hydrogen-bond donors (Lipinski definition) is 1. The minimum absolute atomic E-state index is 0.0867. The molecule has 15 heavy (non-hydrogen) atoms. The van der Waals surface area contributed by atoms with Crippen LogP contribution in [-0.4, -0.2) is 17.2 Å². The highest BCUT2D eigenvalue weighted by atomic mass is 19.1. The fourth-order valence-electron chi connectivity index (χ4n) is 1.87. The van der Waals surface area contributed by atoms with Gasteiger partial charge in [0, 0.05) is 12.0 Å². The maximum absolute atomic E-state index is 13.4. The zero-order chi connectivity index (χ0) is 11.0. The molecule has 1 aromatic carbocycles. The van der Waals surface area contributed by atoms with E-state index in [-0.39, 0.29) is 11.9 Å². The summed E-state index contributed by atoms with van der Waals surface area (Å²) >= 11 is 0. The Bertz CT molecular complexity index is 403. The summed E-state index contributed by atoms with van der Waals surface area (Å²) in [7, 11) is 0. The van der Waals surface area contributed by atoms with Crippen molar-refractivity contribution in [2.24, 2.45) is 0 Å². The van der Waals surface area contributed by atoms with Crippen molar-refractivity contribution in [3.05, 3.63) is 29.6 Å². The van der Waals surface area contributed by atoms with Crippen LogP contribution in [0.5, 0.6) is 5.75 Å². The topological polar surface area (TPSA) is 46.5 Å². The molecular formula is C11H11FO3. The Morgan fingerprint density at radius 1 is 1.60 bits per heavy atom. The Kier molecular flexibility index (Phi) is 2.34. The Morgan fingerprint density at radius 3 is 3.00 bits per heavy atom. The molecular weight excluding hydrogens is 199 g/mol. The Labute approximate surface area is 86.5 Å². The molecule has 2 rings (SSSR count). The standard InChI is InChI=1S/C11H11FO3/c1-6-5-8(11(13)14)7-3-2-4-9(12)10(7)15-6/h2-4,6,8H,5H2,1H3,(H,13,14). The Morgan fingerprint density at radius 2 is 2.33 bits per heavy atom. The van der Waals surface area contributed by atoms with Crippen LogP contribution in [0.4, 0.5) is 4.39 Å². The number of hydrogen-bond acceptors (Lipinski definition) is 2. The maximum Gasteiger partial charge on any atom is 0.311 e. The van der Waals surface area contributed by atoms with Gasteiger partial charge in [-0.25, -0.2) is 4.39 Å². The lowest BCUT2D eigenvalue weighted by molar-refractivity contribution is -0.140. The van der Waals surface area contributed by atoms with E-state index >= 15 is 0 Å². The smallest absolute Gasteiger partial charge is 0.311 e. The summed E-state index contributed by atoms with van der Waals surface area (Å²) in [5.74, 6) is -2.01. The molecule has 1 aliphatic rings. The molecule has 0 aromatic heterocycles. The first-order chi connectivity index (χ1) is 7.09. The second-order valence-corrected chi connectivity index (χ2v) is 3.71. The summed E-state index contributed by atoms with van der Waals surface area (Å²) in [6.45, 7) is 1.74.